The number of nitrogens with zero attached hydrogens (tertiary/aromatic N) is 1. The average Bonchev–Trinajstić information content (AvgIpc) is 3.12. The van der Waals surface area contributed by atoms with Crippen molar-refractivity contribution >= 4 is 10.9 Å². The van der Waals surface area contributed by atoms with Gasteiger partial charge in [-0.2, -0.15) is 0 Å². The number of rotatable bonds is 8. The smallest absolute Gasteiger partial charge is 0.128 e. The number of hydrogen-bond acceptors (Lipinski definition) is 4. The van der Waals surface area contributed by atoms with Crippen LogP contribution in [0.5, 0.6) is 5.75 Å². The Kier molecular flexibility index (Phi) is 4.51. The van der Waals surface area contributed by atoms with Gasteiger partial charge < -0.3 is 19.2 Å². The van der Waals surface area contributed by atoms with E-state index in [-0.39, 0.29) is 12.6 Å². The highest BCUT2D eigenvalue weighted by atomic mass is 16.5. The van der Waals surface area contributed by atoms with E-state index in [1.807, 2.05) is 42.6 Å². The lowest BCUT2D eigenvalue weighted by Gasteiger charge is -2.29. The van der Waals surface area contributed by atoms with Crippen LogP contribution in [-0.2, 0) is 0 Å². The van der Waals surface area contributed by atoms with Gasteiger partial charge in [-0.3, -0.25) is 4.90 Å². The van der Waals surface area contributed by atoms with E-state index >= 15 is 0 Å². The second-order valence-electron chi connectivity index (χ2n) is 6.78. The van der Waals surface area contributed by atoms with Crippen LogP contribution < -0.4 is 4.74 Å². The average molecular weight is 340 g/mol. The van der Waals surface area contributed by atoms with Gasteiger partial charge in [-0.05, 0) is 50.1 Å². The van der Waals surface area contributed by atoms with E-state index in [2.05, 4.69) is 16.8 Å². The van der Waals surface area contributed by atoms with Crippen LogP contribution in [0, 0.1) is 0 Å². The summed E-state index contributed by atoms with van der Waals surface area (Å²) in [5.41, 5.74) is 1.04. The number of hydrogen-bond donors (Lipinski definition) is 2. The Morgan fingerprint density at radius 3 is 2.92 bits per heavy atom. The minimum absolute atomic E-state index is 0.158. The molecule has 4 rings (SSSR count). The number of nitrogens with one attached hydrogen (secondary N) is 1. The van der Waals surface area contributed by atoms with Crippen LogP contribution in [-0.4, -0.2) is 40.3 Å². The number of fused-ring (bicyclic) bond motifs is 1. The lowest BCUT2D eigenvalue weighted by molar-refractivity contribution is 0.0473. The SMILES string of the molecule is CC(c1ccco1)N(CC(O)COc1cccc2[nH]ccc12)C1CC1. The Hall–Kier alpha value is -2.24. The van der Waals surface area contributed by atoms with Crippen LogP contribution in [0.15, 0.2) is 53.3 Å². The first-order valence-corrected chi connectivity index (χ1v) is 8.88. The lowest BCUT2D eigenvalue weighted by Crippen LogP contribution is -2.38. The molecule has 2 unspecified atom stereocenters. The molecule has 2 N–H and O–H groups in total. The van der Waals surface area contributed by atoms with E-state index in [1.54, 1.807) is 6.26 Å². The van der Waals surface area contributed by atoms with Crippen LogP contribution >= 0.6 is 0 Å². The van der Waals surface area contributed by atoms with Crippen LogP contribution in [0.4, 0.5) is 0 Å². The number of furan rings is 1. The predicted octanol–water partition coefficient (Wildman–Crippen LogP) is 3.73. The zero-order chi connectivity index (χ0) is 17.2. The molecule has 5 nitrogen and oxygen atoms in total. The van der Waals surface area contributed by atoms with Gasteiger partial charge in [-0.1, -0.05) is 6.07 Å². The Morgan fingerprint density at radius 1 is 1.28 bits per heavy atom. The predicted molar refractivity (Wildman–Crippen MR) is 96.7 cm³/mol. The van der Waals surface area contributed by atoms with Crippen LogP contribution in [0.25, 0.3) is 10.9 Å². The zero-order valence-corrected chi connectivity index (χ0v) is 14.4. The number of aromatic amines is 1. The van der Waals surface area contributed by atoms with Crippen LogP contribution in [0.3, 0.4) is 0 Å². The summed E-state index contributed by atoms with van der Waals surface area (Å²) >= 11 is 0. The van der Waals surface area contributed by atoms with Crippen molar-refractivity contribution < 1.29 is 14.3 Å². The molecule has 1 saturated carbocycles. The molecule has 2 heterocycles. The molecule has 0 spiro atoms. The fourth-order valence-corrected chi connectivity index (χ4v) is 3.39. The summed E-state index contributed by atoms with van der Waals surface area (Å²) in [5.74, 6) is 1.74. The van der Waals surface area contributed by atoms with E-state index in [0.717, 1.165) is 22.4 Å². The molecule has 0 saturated heterocycles. The largest absolute Gasteiger partial charge is 0.490 e. The van der Waals surface area contributed by atoms with Crippen molar-refractivity contribution in [1.82, 2.24) is 9.88 Å². The van der Waals surface area contributed by atoms with Crippen molar-refractivity contribution in [1.29, 1.82) is 0 Å². The van der Waals surface area contributed by atoms with E-state index in [1.165, 1.54) is 12.8 Å². The molecule has 0 amide bonds. The molecule has 25 heavy (non-hydrogen) atoms. The summed E-state index contributed by atoms with van der Waals surface area (Å²) in [6.45, 7) is 2.99. The molecule has 1 aromatic carbocycles. The maximum Gasteiger partial charge on any atom is 0.128 e. The molecule has 1 aliphatic carbocycles. The van der Waals surface area contributed by atoms with Crippen molar-refractivity contribution in [2.75, 3.05) is 13.2 Å². The number of aromatic nitrogens is 1. The maximum atomic E-state index is 10.5. The van der Waals surface area contributed by atoms with E-state index in [9.17, 15) is 5.11 Å². The third kappa shape index (κ3) is 3.57. The van der Waals surface area contributed by atoms with Crippen molar-refractivity contribution in [2.45, 2.75) is 38.0 Å². The van der Waals surface area contributed by atoms with Crippen molar-refractivity contribution in [3.8, 4) is 5.75 Å². The van der Waals surface area contributed by atoms with E-state index in [4.69, 9.17) is 9.15 Å². The molecule has 2 aromatic heterocycles. The minimum Gasteiger partial charge on any atom is -0.490 e. The molecule has 5 heteroatoms. The first-order chi connectivity index (χ1) is 12.2. The molecule has 0 bridgehead atoms. The zero-order valence-electron chi connectivity index (χ0n) is 14.4. The molecule has 132 valence electrons. The third-order valence-corrected chi connectivity index (χ3v) is 4.88. The van der Waals surface area contributed by atoms with Crippen molar-refractivity contribution in [3.05, 3.63) is 54.6 Å². The van der Waals surface area contributed by atoms with Gasteiger partial charge in [-0.25, -0.2) is 0 Å². The minimum atomic E-state index is -0.549. The highest BCUT2D eigenvalue weighted by Gasteiger charge is 2.34. The van der Waals surface area contributed by atoms with Crippen molar-refractivity contribution in [2.24, 2.45) is 0 Å². The van der Waals surface area contributed by atoms with E-state index < -0.39 is 6.10 Å². The van der Waals surface area contributed by atoms with Crippen LogP contribution in [0.2, 0.25) is 0 Å². The lowest BCUT2D eigenvalue weighted by atomic mass is 10.2. The number of H-pyrrole nitrogens is 1. The molecule has 0 radical (unpaired) electrons. The summed E-state index contributed by atoms with van der Waals surface area (Å²) in [7, 11) is 0. The second kappa shape index (κ2) is 6.94. The van der Waals surface area contributed by atoms with Gasteiger partial charge in [0.25, 0.3) is 0 Å². The van der Waals surface area contributed by atoms with Gasteiger partial charge in [0.2, 0.25) is 0 Å². The van der Waals surface area contributed by atoms with Gasteiger partial charge in [-0.15, -0.1) is 0 Å². The Morgan fingerprint density at radius 2 is 2.16 bits per heavy atom. The highest BCUT2D eigenvalue weighted by Crippen LogP contribution is 2.34. The Labute approximate surface area is 147 Å². The van der Waals surface area contributed by atoms with Gasteiger partial charge in [0.15, 0.2) is 0 Å². The fraction of sp³-hybridized carbons (Fsp3) is 0.400. The monoisotopic (exact) mass is 340 g/mol. The van der Waals surface area contributed by atoms with Gasteiger partial charge in [0, 0.05) is 29.7 Å². The normalized spacial score (nSPS) is 17.1. The summed E-state index contributed by atoms with van der Waals surface area (Å²) in [5, 5.41) is 11.6. The second-order valence-corrected chi connectivity index (χ2v) is 6.78. The summed E-state index contributed by atoms with van der Waals surface area (Å²) in [6.07, 6.45) is 5.41. The van der Waals surface area contributed by atoms with Gasteiger partial charge in [0.05, 0.1) is 12.3 Å². The molecule has 3 aromatic rings. The molecular formula is C20H24N2O3. The molecule has 1 aliphatic rings. The summed E-state index contributed by atoms with van der Waals surface area (Å²) in [6, 6.07) is 12.5. The first-order valence-electron chi connectivity index (χ1n) is 8.88. The Bertz CT molecular complexity index is 807. The van der Waals surface area contributed by atoms with Gasteiger partial charge >= 0.3 is 0 Å². The molecule has 1 fully saturated rings. The molecular weight excluding hydrogens is 316 g/mol. The quantitative estimate of drug-likeness (QED) is 0.656. The van der Waals surface area contributed by atoms with E-state index in [0.29, 0.717) is 12.6 Å². The first kappa shape index (κ1) is 16.2. The third-order valence-electron chi connectivity index (χ3n) is 4.88. The number of benzene rings is 1. The summed E-state index contributed by atoms with van der Waals surface area (Å²) < 4.78 is 11.4. The molecule has 2 atom stereocenters. The number of ether oxygens (including phenoxy) is 1. The standard InChI is InChI=1S/C20H24N2O3/c1-14(19-6-3-11-24-19)22(15-7-8-15)12-16(23)13-25-20-5-2-4-18-17(20)9-10-21-18/h2-6,9-11,14-16,21,23H,7-8,12-13H2,1H3. The number of aliphatic hydroxyl groups excluding tert-OH is 1. The fourth-order valence-electron chi connectivity index (χ4n) is 3.39. The van der Waals surface area contributed by atoms with Crippen LogP contribution in [0.1, 0.15) is 31.6 Å². The Balaban J connectivity index is 1.39. The summed E-state index contributed by atoms with van der Waals surface area (Å²) in [4.78, 5) is 5.50. The molecule has 0 aliphatic heterocycles. The highest BCUT2D eigenvalue weighted by molar-refractivity contribution is 5.85. The maximum absolute atomic E-state index is 10.5. The topological polar surface area (TPSA) is 61.6 Å². The number of aliphatic hydroxyl groups is 1. The van der Waals surface area contributed by atoms with Crippen molar-refractivity contribution in [3.63, 3.8) is 0 Å². The van der Waals surface area contributed by atoms with Gasteiger partial charge in [0.1, 0.15) is 24.2 Å².